The predicted octanol–water partition coefficient (Wildman–Crippen LogP) is 3.74. The Morgan fingerprint density at radius 1 is 1.17 bits per heavy atom. The first kappa shape index (κ1) is 18.6. The summed E-state index contributed by atoms with van der Waals surface area (Å²) in [6, 6.07) is 12.1. The summed E-state index contributed by atoms with van der Waals surface area (Å²) in [5, 5.41) is 2.91. The molecule has 0 radical (unpaired) electrons. The maximum Gasteiger partial charge on any atom is 0.253 e. The highest BCUT2D eigenvalue weighted by Gasteiger charge is 2.18. The van der Waals surface area contributed by atoms with Crippen LogP contribution >= 0.6 is 0 Å². The number of benzene rings is 1. The molecule has 3 aromatic heterocycles. The number of hydrogen-bond donors (Lipinski definition) is 1. The van der Waals surface area contributed by atoms with E-state index >= 15 is 0 Å². The fourth-order valence-corrected chi connectivity index (χ4v) is 3.34. The van der Waals surface area contributed by atoms with Crippen molar-refractivity contribution in [2.75, 3.05) is 0 Å². The summed E-state index contributed by atoms with van der Waals surface area (Å²) in [5.74, 6) is 0.218. The zero-order valence-electron chi connectivity index (χ0n) is 16.1. The number of carbonyl (C=O) groups excluding carboxylic acids is 1. The van der Waals surface area contributed by atoms with Gasteiger partial charge >= 0.3 is 0 Å². The van der Waals surface area contributed by atoms with Crippen molar-refractivity contribution < 1.29 is 9.18 Å². The molecule has 0 atom stereocenters. The molecular formula is C22H20FN5O. The second kappa shape index (κ2) is 7.71. The van der Waals surface area contributed by atoms with Crippen LogP contribution in [0.3, 0.4) is 0 Å². The molecule has 3 heterocycles. The van der Waals surface area contributed by atoms with Crippen LogP contribution in [0, 0.1) is 19.7 Å². The number of pyridine rings is 1. The van der Waals surface area contributed by atoms with Crippen LogP contribution < -0.4 is 5.32 Å². The van der Waals surface area contributed by atoms with Gasteiger partial charge in [0, 0.05) is 36.5 Å². The molecule has 4 rings (SSSR count). The number of para-hydroxylation sites is 1. The molecule has 0 spiro atoms. The summed E-state index contributed by atoms with van der Waals surface area (Å²) in [7, 11) is 0. The van der Waals surface area contributed by atoms with Gasteiger partial charge in [0.05, 0.1) is 11.3 Å². The molecule has 7 heteroatoms. The number of nitrogens with zero attached hydrogens (tertiary/aromatic N) is 4. The summed E-state index contributed by atoms with van der Waals surface area (Å²) in [6.07, 6.45) is 6.90. The number of rotatable bonds is 5. The van der Waals surface area contributed by atoms with E-state index in [1.54, 1.807) is 52.1 Å². The Kier molecular flexibility index (Phi) is 4.95. The summed E-state index contributed by atoms with van der Waals surface area (Å²) >= 11 is 0. The van der Waals surface area contributed by atoms with Gasteiger partial charge in [-0.2, -0.15) is 0 Å². The molecule has 1 amide bonds. The molecule has 1 aromatic carbocycles. The third kappa shape index (κ3) is 3.67. The number of amides is 1. The van der Waals surface area contributed by atoms with E-state index < -0.39 is 0 Å². The van der Waals surface area contributed by atoms with E-state index in [0.717, 1.165) is 17.1 Å². The van der Waals surface area contributed by atoms with Crippen LogP contribution in [0.5, 0.6) is 0 Å². The van der Waals surface area contributed by atoms with E-state index in [-0.39, 0.29) is 11.7 Å². The topological polar surface area (TPSA) is 64.7 Å². The van der Waals surface area contributed by atoms with Crippen molar-refractivity contribution in [3.8, 4) is 11.5 Å². The van der Waals surface area contributed by atoms with Crippen molar-refractivity contribution in [2.24, 2.45) is 0 Å². The largest absolute Gasteiger partial charge is 0.348 e. The molecule has 0 aliphatic carbocycles. The Morgan fingerprint density at radius 2 is 2.00 bits per heavy atom. The zero-order valence-corrected chi connectivity index (χ0v) is 16.1. The molecule has 6 nitrogen and oxygen atoms in total. The lowest BCUT2D eigenvalue weighted by Gasteiger charge is -2.11. The molecule has 29 heavy (non-hydrogen) atoms. The monoisotopic (exact) mass is 389 g/mol. The number of carbonyl (C=O) groups is 1. The average molecular weight is 389 g/mol. The van der Waals surface area contributed by atoms with Crippen molar-refractivity contribution in [2.45, 2.75) is 20.4 Å². The van der Waals surface area contributed by atoms with Crippen molar-refractivity contribution in [3.63, 3.8) is 0 Å². The third-order valence-electron chi connectivity index (χ3n) is 4.80. The Balaban J connectivity index is 1.49. The standard InChI is InChI=1S/C22H20FN5O/c1-15-11-18(16(2)28(15)20-6-4-3-5-19(20)23)22(29)26-13-17-7-8-21(25-12-17)27-10-9-24-14-27/h3-12,14H,13H2,1-2H3,(H,26,29). The molecule has 0 bridgehead atoms. The summed E-state index contributed by atoms with van der Waals surface area (Å²) in [5.41, 5.74) is 3.32. The number of imidazole rings is 1. The van der Waals surface area contributed by atoms with Gasteiger partial charge in [-0.05, 0) is 43.7 Å². The molecule has 0 aliphatic heterocycles. The van der Waals surface area contributed by atoms with Crippen LogP contribution in [0.2, 0.25) is 0 Å². The number of hydrogen-bond acceptors (Lipinski definition) is 3. The average Bonchev–Trinajstić information content (AvgIpc) is 3.36. The zero-order chi connectivity index (χ0) is 20.4. The van der Waals surface area contributed by atoms with Gasteiger partial charge in [-0.25, -0.2) is 14.4 Å². The molecule has 146 valence electrons. The third-order valence-corrected chi connectivity index (χ3v) is 4.80. The van der Waals surface area contributed by atoms with Gasteiger partial charge < -0.3 is 9.88 Å². The minimum absolute atomic E-state index is 0.209. The van der Waals surface area contributed by atoms with Gasteiger partial charge in [-0.15, -0.1) is 0 Å². The van der Waals surface area contributed by atoms with E-state index in [0.29, 0.717) is 23.5 Å². The van der Waals surface area contributed by atoms with Gasteiger partial charge in [-0.1, -0.05) is 18.2 Å². The Morgan fingerprint density at radius 3 is 2.69 bits per heavy atom. The number of aromatic nitrogens is 4. The molecule has 0 saturated carbocycles. The summed E-state index contributed by atoms with van der Waals surface area (Å²) in [6.45, 7) is 4.02. The molecule has 0 saturated heterocycles. The van der Waals surface area contributed by atoms with Crippen LogP contribution in [0.1, 0.15) is 27.3 Å². The fraction of sp³-hybridized carbons (Fsp3) is 0.136. The molecule has 1 N–H and O–H groups in total. The Hall–Kier alpha value is -3.74. The summed E-state index contributed by atoms with van der Waals surface area (Å²) < 4.78 is 17.8. The normalized spacial score (nSPS) is 10.9. The molecule has 0 unspecified atom stereocenters. The first-order valence-electron chi connectivity index (χ1n) is 9.20. The first-order chi connectivity index (χ1) is 14.0. The van der Waals surface area contributed by atoms with Crippen molar-refractivity contribution >= 4 is 5.91 Å². The van der Waals surface area contributed by atoms with Crippen LogP contribution in [0.25, 0.3) is 11.5 Å². The minimum Gasteiger partial charge on any atom is -0.348 e. The molecule has 4 aromatic rings. The van der Waals surface area contributed by atoms with Gasteiger partial charge in [0.25, 0.3) is 5.91 Å². The summed E-state index contributed by atoms with van der Waals surface area (Å²) in [4.78, 5) is 21.1. The van der Waals surface area contributed by atoms with Crippen molar-refractivity contribution in [3.05, 3.63) is 95.7 Å². The van der Waals surface area contributed by atoms with Crippen LogP contribution in [0.4, 0.5) is 4.39 Å². The quantitative estimate of drug-likeness (QED) is 0.565. The van der Waals surface area contributed by atoms with Crippen molar-refractivity contribution in [1.82, 2.24) is 24.4 Å². The number of nitrogens with one attached hydrogen (secondary N) is 1. The van der Waals surface area contributed by atoms with Gasteiger partial charge in [0.2, 0.25) is 0 Å². The maximum absolute atomic E-state index is 14.2. The number of aryl methyl sites for hydroxylation is 1. The minimum atomic E-state index is -0.328. The van der Waals surface area contributed by atoms with Gasteiger partial charge in [0.1, 0.15) is 18.0 Å². The predicted molar refractivity (Wildman–Crippen MR) is 108 cm³/mol. The lowest BCUT2D eigenvalue weighted by molar-refractivity contribution is 0.0950. The second-order valence-electron chi connectivity index (χ2n) is 6.75. The van der Waals surface area contributed by atoms with Crippen LogP contribution in [0.15, 0.2) is 67.4 Å². The maximum atomic E-state index is 14.2. The molecular weight excluding hydrogens is 369 g/mol. The van der Waals surface area contributed by atoms with E-state index in [9.17, 15) is 9.18 Å². The van der Waals surface area contributed by atoms with Crippen molar-refractivity contribution in [1.29, 1.82) is 0 Å². The second-order valence-corrected chi connectivity index (χ2v) is 6.75. The first-order valence-corrected chi connectivity index (χ1v) is 9.20. The fourth-order valence-electron chi connectivity index (χ4n) is 3.34. The number of halogens is 1. The smallest absolute Gasteiger partial charge is 0.253 e. The SMILES string of the molecule is Cc1cc(C(=O)NCc2ccc(-n3ccnc3)nc2)c(C)n1-c1ccccc1F. The Labute approximate surface area is 167 Å². The van der Waals surface area contributed by atoms with E-state index in [1.165, 1.54) is 6.07 Å². The lowest BCUT2D eigenvalue weighted by atomic mass is 10.2. The molecule has 0 aliphatic rings. The highest BCUT2D eigenvalue weighted by molar-refractivity contribution is 5.95. The lowest BCUT2D eigenvalue weighted by Crippen LogP contribution is -2.23. The van der Waals surface area contributed by atoms with Crippen LogP contribution in [-0.4, -0.2) is 25.0 Å². The van der Waals surface area contributed by atoms with Gasteiger partial charge in [0.15, 0.2) is 0 Å². The van der Waals surface area contributed by atoms with E-state index in [4.69, 9.17) is 0 Å². The van der Waals surface area contributed by atoms with E-state index in [1.807, 2.05) is 32.2 Å². The molecule has 0 fully saturated rings. The Bertz CT molecular complexity index is 1150. The highest BCUT2D eigenvalue weighted by atomic mass is 19.1. The van der Waals surface area contributed by atoms with E-state index in [2.05, 4.69) is 15.3 Å². The van der Waals surface area contributed by atoms with Gasteiger partial charge in [-0.3, -0.25) is 9.36 Å². The van der Waals surface area contributed by atoms with Crippen LogP contribution in [-0.2, 0) is 6.54 Å². The highest BCUT2D eigenvalue weighted by Crippen LogP contribution is 2.22.